The highest BCUT2D eigenvalue weighted by molar-refractivity contribution is 5.68. The first-order valence-electron chi connectivity index (χ1n) is 8.80. The summed E-state index contributed by atoms with van der Waals surface area (Å²) in [7, 11) is 1.78. The number of nitrogens with zero attached hydrogens (tertiary/aromatic N) is 5. The molecule has 1 atom stereocenters. The fourth-order valence-electron chi connectivity index (χ4n) is 3.68. The van der Waals surface area contributed by atoms with Gasteiger partial charge in [0.15, 0.2) is 0 Å². The summed E-state index contributed by atoms with van der Waals surface area (Å²) >= 11 is 0. The molecule has 2 aliphatic rings. The van der Waals surface area contributed by atoms with Crippen molar-refractivity contribution >= 4 is 11.3 Å². The molecule has 1 aliphatic heterocycles. The second-order valence-corrected chi connectivity index (χ2v) is 6.92. The molecule has 4 rings (SSSR count). The van der Waals surface area contributed by atoms with Crippen LogP contribution in [-0.4, -0.2) is 46.6 Å². The van der Waals surface area contributed by atoms with Gasteiger partial charge < -0.3 is 9.64 Å². The maximum atomic E-state index is 5.20. The Balaban J connectivity index is 1.56. The average Bonchev–Trinajstić information content (AvgIpc) is 3.32. The zero-order valence-electron chi connectivity index (χ0n) is 13.8. The van der Waals surface area contributed by atoms with Crippen LogP contribution in [0.15, 0.2) is 12.4 Å². The molecule has 2 aromatic heterocycles. The summed E-state index contributed by atoms with van der Waals surface area (Å²) in [5, 5.41) is 13.0. The third-order valence-corrected chi connectivity index (χ3v) is 5.08. The molecule has 6 heteroatoms. The molecular formula is C17H25N5O. The smallest absolute Gasteiger partial charge is 0.200 e. The summed E-state index contributed by atoms with van der Waals surface area (Å²) in [5.74, 6) is 1.39. The number of aromatic nitrogens is 4. The number of hydrogen-bond acceptors (Lipinski definition) is 5. The Labute approximate surface area is 136 Å². The molecular weight excluding hydrogens is 290 g/mol. The van der Waals surface area contributed by atoms with E-state index < -0.39 is 0 Å². The minimum Gasteiger partial charge on any atom is -0.385 e. The Kier molecular flexibility index (Phi) is 4.16. The van der Waals surface area contributed by atoms with Gasteiger partial charge in [-0.25, -0.2) is 0 Å². The van der Waals surface area contributed by atoms with Gasteiger partial charge in [0.1, 0.15) is 6.33 Å². The minimum absolute atomic E-state index is 0.642. The van der Waals surface area contributed by atoms with E-state index >= 15 is 0 Å². The van der Waals surface area contributed by atoms with Gasteiger partial charge in [0.25, 0.3) is 0 Å². The van der Waals surface area contributed by atoms with E-state index in [0.29, 0.717) is 5.92 Å². The highest BCUT2D eigenvalue weighted by atomic mass is 16.5. The minimum atomic E-state index is 0.642. The summed E-state index contributed by atoms with van der Waals surface area (Å²) in [5.41, 5.74) is 3.32. The monoisotopic (exact) mass is 315 g/mol. The van der Waals surface area contributed by atoms with Crippen molar-refractivity contribution in [1.82, 2.24) is 19.8 Å². The molecule has 1 unspecified atom stereocenters. The molecule has 3 heterocycles. The summed E-state index contributed by atoms with van der Waals surface area (Å²) in [6.45, 7) is 3.09. The van der Waals surface area contributed by atoms with Crippen molar-refractivity contribution in [1.29, 1.82) is 0 Å². The number of piperidine rings is 1. The van der Waals surface area contributed by atoms with Crippen LogP contribution in [0.4, 0.5) is 5.69 Å². The molecule has 0 aromatic carbocycles. The first-order valence-corrected chi connectivity index (χ1v) is 8.80. The zero-order chi connectivity index (χ0) is 15.6. The van der Waals surface area contributed by atoms with Gasteiger partial charge in [0, 0.05) is 32.7 Å². The lowest BCUT2D eigenvalue weighted by molar-refractivity contribution is 0.184. The molecule has 1 saturated carbocycles. The fourth-order valence-corrected chi connectivity index (χ4v) is 3.68. The number of fused-ring (bicyclic) bond motifs is 1. The van der Waals surface area contributed by atoms with E-state index in [9.17, 15) is 0 Å². The van der Waals surface area contributed by atoms with Crippen molar-refractivity contribution in [3.05, 3.63) is 18.1 Å². The number of methoxy groups -OCH3 is 1. The first kappa shape index (κ1) is 14.9. The molecule has 0 amide bonds. The lowest BCUT2D eigenvalue weighted by Gasteiger charge is -2.34. The Hall–Kier alpha value is -1.69. The average molecular weight is 315 g/mol. The lowest BCUT2D eigenvalue weighted by Crippen LogP contribution is -2.36. The van der Waals surface area contributed by atoms with Crippen LogP contribution in [0.2, 0.25) is 0 Å². The summed E-state index contributed by atoms with van der Waals surface area (Å²) in [4.78, 5) is 2.50. The van der Waals surface area contributed by atoms with Crippen LogP contribution in [0, 0.1) is 5.92 Å². The molecule has 124 valence electrons. The van der Waals surface area contributed by atoms with Gasteiger partial charge in [-0.05, 0) is 50.5 Å². The maximum absolute atomic E-state index is 5.20. The van der Waals surface area contributed by atoms with Crippen LogP contribution in [-0.2, 0) is 4.74 Å². The van der Waals surface area contributed by atoms with E-state index in [1.165, 1.54) is 43.5 Å². The van der Waals surface area contributed by atoms with Crippen LogP contribution in [0.3, 0.4) is 0 Å². The Morgan fingerprint density at radius 2 is 2.22 bits per heavy atom. The van der Waals surface area contributed by atoms with Crippen LogP contribution < -0.4 is 4.90 Å². The SMILES string of the molecule is COCCCC1CCCN(c2cc(C3CC3)nn3cnnc23)C1. The lowest BCUT2D eigenvalue weighted by atomic mass is 9.93. The van der Waals surface area contributed by atoms with Gasteiger partial charge in [-0.2, -0.15) is 9.61 Å². The quantitative estimate of drug-likeness (QED) is 0.767. The predicted molar refractivity (Wildman–Crippen MR) is 88.8 cm³/mol. The summed E-state index contributed by atoms with van der Waals surface area (Å²) < 4.78 is 7.06. The molecule has 1 aliphatic carbocycles. The van der Waals surface area contributed by atoms with Crippen LogP contribution in [0.1, 0.15) is 50.1 Å². The number of hydrogen-bond donors (Lipinski definition) is 0. The topological polar surface area (TPSA) is 55.5 Å². The third kappa shape index (κ3) is 3.17. The van der Waals surface area contributed by atoms with Crippen molar-refractivity contribution in [3.63, 3.8) is 0 Å². The van der Waals surface area contributed by atoms with Crippen molar-refractivity contribution in [2.75, 3.05) is 31.7 Å². The van der Waals surface area contributed by atoms with Gasteiger partial charge in [-0.3, -0.25) is 0 Å². The van der Waals surface area contributed by atoms with Crippen molar-refractivity contribution in [3.8, 4) is 0 Å². The molecule has 23 heavy (non-hydrogen) atoms. The van der Waals surface area contributed by atoms with Gasteiger partial charge >= 0.3 is 0 Å². The van der Waals surface area contributed by atoms with E-state index in [-0.39, 0.29) is 0 Å². The first-order chi connectivity index (χ1) is 11.3. The van der Waals surface area contributed by atoms with Crippen molar-refractivity contribution in [2.45, 2.75) is 44.4 Å². The number of rotatable bonds is 6. The second kappa shape index (κ2) is 6.43. The Bertz CT molecular complexity index is 666. The molecule has 2 fully saturated rings. The zero-order valence-corrected chi connectivity index (χ0v) is 13.8. The van der Waals surface area contributed by atoms with E-state index in [0.717, 1.165) is 37.7 Å². The standard InChI is InChI=1S/C17H25N5O/c1-23-9-3-5-13-4-2-8-21(11-13)16-10-15(14-6-7-14)20-22-12-18-19-17(16)22/h10,12-14H,2-9,11H2,1H3. The van der Waals surface area contributed by atoms with Crippen LogP contribution in [0.5, 0.6) is 0 Å². The molecule has 0 N–H and O–H groups in total. The van der Waals surface area contributed by atoms with Gasteiger partial charge in [0.2, 0.25) is 5.65 Å². The molecule has 0 radical (unpaired) electrons. The van der Waals surface area contributed by atoms with Gasteiger partial charge in [-0.15, -0.1) is 10.2 Å². The molecule has 0 bridgehead atoms. The fraction of sp³-hybridized carbons (Fsp3) is 0.706. The van der Waals surface area contributed by atoms with Crippen molar-refractivity contribution < 1.29 is 4.74 Å². The molecule has 0 spiro atoms. The number of anilines is 1. The molecule has 6 nitrogen and oxygen atoms in total. The highest BCUT2D eigenvalue weighted by Gasteiger charge is 2.29. The molecule has 1 saturated heterocycles. The summed E-state index contributed by atoms with van der Waals surface area (Å²) in [6.07, 6.45) is 9.22. The number of ether oxygens (including phenoxy) is 1. The van der Waals surface area contributed by atoms with Crippen molar-refractivity contribution in [2.24, 2.45) is 5.92 Å². The van der Waals surface area contributed by atoms with Gasteiger partial charge in [0.05, 0.1) is 11.4 Å². The maximum Gasteiger partial charge on any atom is 0.200 e. The van der Waals surface area contributed by atoms with Crippen LogP contribution in [0.25, 0.3) is 5.65 Å². The Morgan fingerprint density at radius 1 is 1.30 bits per heavy atom. The van der Waals surface area contributed by atoms with E-state index in [1.54, 1.807) is 13.4 Å². The van der Waals surface area contributed by atoms with Crippen LogP contribution >= 0.6 is 0 Å². The van der Waals surface area contributed by atoms with E-state index in [4.69, 9.17) is 4.74 Å². The van der Waals surface area contributed by atoms with E-state index in [2.05, 4.69) is 26.3 Å². The van der Waals surface area contributed by atoms with E-state index in [1.807, 2.05) is 4.52 Å². The highest BCUT2D eigenvalue weighted by Crippen LogP contribution is 2.40. The normalized spacial score (nSPS) is 22.0. The second-order valence-electron chi connectivity index (χ2n) is 6.92. The largest absolute Gasteiger partial charge is 0.385 e. The Morgan fingerprint density at radius 3 is 3.04 bits per heavy atom. The summed E-state index contributed by atoms with van der Waals surface area (Å²) in [6, 6.07) is 2.26. The third-order valence-electron chi connectivity index (χ3n) is 5.08. The predicted octanol–water partition coefficient (Wildman–Crippen LogP) is 2.64. The molecule has 2 aromatic rings. The van der Waals surface area contributed by atoms with Gasteiger partial charge in [-0.1, -0.05) is 0 Å².